The van der Waals surface area contributed by atoms with E-state index in [0.717, 1.165) is 6.07 Å². The molecule has 3 rings (SSSR count). The molecule has 0 radical (unpaired) electrons. The van der Waals surface area contributed by atoms with Crippen LogP contribution in [0.4, 0.5) is 37.8 Å². The molecule has 1 aromatic carbocycles. The van der Waals surface area contributed by atoms with Crippen LogP contribution < -0.4 is 5.32 Å². The summed E-state index contributed by atoms with van der Waals surface area (Å²) in [5.41, 5.74) is -3.54. The van der Waals surface area contributed by atoms with Crippen LogP contribution in [0.3, 0.4) is 0 Å². The number of hydrogen-bond donors (Lipinski definition) is 1. The standard InChI is InChI=1S/C16H7Cl2F6N3/c17-7-1-3-11(10(18)5-7)25-13-4-2-8-9(15(19,20)21)6-12(16(22,23)24)26-14(8)27-13/h1-6H,(H,25,26,27). The van der Waals surface area contributed by atoms with E-state index in [2.05, 4.69) is 15.3 Å². The lowest BCUT2D eigenvalue weighted by Gasteiger charge is -2.14. The van der Waals surface area contributed by atoms with E-state index in [-0.39, 0.29) is 16.9 Å². The summed E-state index contributed by atoms with van der Waals surface area (Å²) in [4.78, 5) is 7.00. The van der Waals surface area contributed by atoms with Crippen molar-refractivity contribution in [2.75, 3.05) is 5.32 Å². The van der Waals surface area contributed by atoms with Crippen LogP contribution in [-0.2, 0) is 12.4 Å². The van der Waals surface area contributed by atoms with E-state index in [1.807, 2.05) is 0 Å². The molecule has 3 aromatic rings. The normalized spacial score (nSPS) is 12.4. The topological polar surface area (TPSA) is 37.8 Å². The molecule has 0 atom stereocenters. The van der Waals surface area contributed by atoms with E-state index in [0.29, 0.717) is 10.7 Å². The number of anilines is 2. The molecule has 0 unspecified atom stereocenters. The summed E-state index contributed by atoms with van der Waals surface area (Å²) in [6.07, 6.45) is -10.1. The fraction of sp³-hybridized carbons (Fsp3) is 0.125. The van der Waals surface area contributed by atoms with Crippen molar-refractivity contribution >= 4 is 45.7 Å². The minimum Gasteiger partial charge on any atom is -0.339 e. The van der Waals surface area contributed by atoms with E-state index >= 15 is 0 Å². The summed E-state index contributed by atoms with van der Waals surface area (Å²) in [5, 5.41) is 2.69. The molecule has 0 bridgehead atoms. The summed E-state index contributed by atoms with van der Waals surface area (Å²) < 4.78 is 78.2. The fourth-order valence-electron chi connectivity index (χ4n) is 2.28. The molecule has 0 saturated heterocycles. The zero-order valence-electron chi connectivity index (χ0n) is 12.9. The van der Waals surface area contributed by atoms with Crippen molar-refractivity contribution in [2.45, 2.75) is 12.4 Å². The molecule has 27 heavy (non-hydrogen) atoms. The SMILES string of the molecule is FC(F)(F)c1cc(C(F)(F)F)c2ccc(Nc3ccc(Cl)cc3Cl)nc2n1. The Hall–Kier alpha value is -2.26. The van der Waals surface area contributed by atoms with Gasteiger partial charge in [0.15, 0.2) is 5.65 Å². The first-order valence-electron chi connectivity index (χ1n) is 7.13. The maximum atomic E-state index is 13.2. The molecule has 2 heterocycles. The average molecular weight is 426 g/mol. The third-order valence-electron chi connectivity index (χ3n) is 3.46. The van der Waals surface area contributed by atoms with Crippen LogP contribution >= 0.6 is 23.2 Å². The molecule has 142 valence electrons. The third kappa shape index (κ3) is 4.19. The Labute approximate surface area is 157 Å². The van der Waals surface area contributed by atoms with Crippen LogP contribution in [0.2, 0.25) is 10.0 Å². The van der Waals surface area contributed by atoms with Gasteiger partial charge in [0.05, 0.1) is 16.3 Å². The second kappa shape index (κ2) is 6.72. The monoisotopic (exact) mass is 425 g/mol. The van der Waals surface area contributed by atoms with Crippen molar-refractivity contribution in [3.63, 3.8) is 0 Å². The van der Waals surface area contributed by atoms with Crippen molar-refractivity contribution in [1.29, 1.82) is 0 Å². The molecular formula is C16H7Cl2F6N3. The molecule has 0 aliphatic carbocycles. The van der Waals surface area contributed by atoms with Crippen LogP contribution in [0, 0.1) is 0 Å². The van der Waals surface area contributed by atoms with E-state index < -0.39 is 34.6 Å². The van der Waals surface area contributed by atoms with E-state index in [9.17, 15) is 26.3 Å². The van der Waals surface area contributed by atoms with Crippen LogP contribution in [0.15, 0.2) is 36.4 Å². The van der Waals surface area contributed by atoms with Crippen LogP contribution in [-0.4, -0.2) is 9.97 Å². The van der Waals surface area contributed by atoms with E-state index in [1.54, 1.807) is 0 Å². The fourth-order valence-corrected chi connectivity index (χ4v) is 2.74. The second-order valence-electron chi connectivity index (χ2n) is 5.37. The smallest absolute Gasteiger partial charge is 0.339 e. The van der Waals surface area contributed by atoms with Gasteiger partial charge in [0.2, 0.25) is 0 Å². The molecule has 0 aliphatic heterocycles. The lowest BCUT2D eigenvalue weighted by atomic mass is 10.1. The van der Waals surface area contributed by atoms with Crippen molar-refractivity contribution in [3.8, 4) is 0 Å². The molecule has 0 spiro atoms. The van der Waals surface area contributed by atoms with Gasteiger partial charge in [-0.3, -0.25) is 0 Å². The van der Waals surface area contributed by atoms with Gasteiger partial charge in [0.1, 0.15) is 11.5 Å². The Morgan fingerprint density at radius 3 is 2.11 bits per heavy atom. The highest BCUT2D eigenvalue weighted by Crippen LogP contribution is 2.38. The predicted octanol–water partition coefficient (Wildman–Crippen LogP) is 6.72. The number of nitrogens with one attached hydrogen (secondary N) is 1. The van der Waals surface area contributed by atoms with Crippen LogP contribution in [0.1, 0.15) is 11.3 Å². The molecule has 0 aliphatic rings. The van der Waals surface area contributed by atoms with Crippen molar-refractivity contribution in [3.05, 3.63) is 57.7 Å². The molecule has 2 aromatic heterocycles. The van der Waals surface area contributed by atoms with Gasteiger partial charge in [0, 0.05) is 10.4 Å². The summed E-state index contributed by atoms with van der Waals surface area (Å²) >= 11 is 11.7. The lowest BCUT2D eigenvalue weighted by molar-refractivity contribution is -0.144. The van der Waals surface area contributed by atoms with Crippen molar-refractivity contribution in [1.82, 2.24) is 9.97 Å². The van der Waals surface area contributed by atoms with Gasteiger partial charge in [-0.15, -0.1) is 0 Å². The first kappa shape index (κ1) is 19.5. The number of aromatic nitrogens is 2. The Balaban J connectivity index is 2.13. The van der Waals surface area contributed by atoms with Gasteiger partial charge < -0.3 is 5.32 Å². The van der Waals surface area contributed by atoms with Gasteiger partial charge in [-0.25, -0.2) is 9.97 Å². The molecule has 0 fully saturated rings. The van der Waals surface area contributed by atoms with Gasteiger partial charge in [-0.1, -0.05) is 23.2 Å². The Morgan fingerprint density at radius 2 is 1.52 bits per heavy atom. The quantitative estimate of drug-likeness (QED) is 0.463. The Bertz CT molecular complexity index is 1020. The summed E-state index contributed by atoms with van der Waals surface area (Å²) in [6, 6.07) is 6.53. The maximum absolute atomic E-state index is 13.2. The summed E-state index contributed by atoms with van der Waals surface area (Å²) in [6.45, 7) is 0. The predicted molar refractivity (Wildman–Crippen MR) is 89.3 cm³/mol. The molecule has 0 amide bonds. The largest absolute Gasteiger partial charge is 0.433 e. The first-order chi connectivity index (χ1) is 12.4. The Morgan fingerprint density at radius 1 is 0.815 bits per heavy atom. The third-order valence-corrected chi connectivity index (χ3v) is 4.01. The lowest BCUT2D eigenvalue weighted by Crippen LogP contribution is -2.14. The number of nitrogens with zero attached hydrogens (tertiary/aromatic N) is 2. The molecular weight excluding hydrogens is 419 g/mol. The minimum absolute atomic E-state index is 0.0345. The number of benzene rings is 1. The van der Waals surface area contributed by atoms with Crippen molar-refractivity contribution < 1.29 is 26.3 Å². The first-order valence-corrected chi connectivity index (χ1v) is 7.89. The second-order valence-corrected chi connectivity index (χ2v) is 6.21. The number of rotatable bonds is 2. The zero-order valence-corrected chi connectivity index (χ0v) is 14.4. The van der Waals surface area contributed by atoms with Gasteiger partial charge in [-0.05, 0) is 36.4 Å². The van der Waals surface area contributed by atoms with Crippen LogP contribution in [0.5, 0.6) is 0 Å². The Kier molecular flexibility index (Phi) is 4.85. The zero-order chi connectivity index (χ0) is 20.0. The highest BCUT2D eigenvalue weighted by Gasteiger charge is 2.39. The van der Waals surface area contributed by atoms with Gasteiger partial charge >= 0.3 is 12.4 Å². The number of fused-ring (bicyclic) bond motifs is 1. The molecule has 3 nitrogen and oxygen atoms in total. The average Bonchev–Trinajstić information content (AvgIpc) is 2.54. The highest BCUT2D eigenvalue weighted by atomic mass is 35.5. The minimum atomic E-state index is -5.06. The number of hydrogen-bond acceptors (Lipinski definition) is 3. The van der Waals surface area contributed by atoms with Crippen molar-refractivity contribution in [2.24, 2.45) is 0 Å². The number of alkyl halides is 6. The summed E-state index contributed by atoms with van der Waals surface area (Å²) in [7, 11) is 0. The van der Waals surface area contributed by atoms with Crippen LogP contribution in [0.25, 0.3) is 11.0 Å². The maximum Gasteiger partial charge on any atom is 0.433 e. The molecule has 11 heteroatoms. The molecule has 1 N–H and O–H groups in total. The van der Waals surface area contributed by atoms with E-state index in [4.69, 9.17) is 23.2 Å². The molecule has 0 saturated carbocycles. The highest BCUT2D eigenvalue weighted by molar-refractivity contribution is 6.36. The number of halogens is 8. The van der Waals surface area contributed by atoms with E-state index in [1.165, 1.54) is 24.3 Å². The van der Waals surface area contributed by atoms with Gasteiger partial charge in [0.25, 0.3) is 0 Å². The summed E-state index contributed by atoms with van der Waals surface area (Å²) in [5.74, 6) is -0.0355. The number of pyridine rings is 2. The van der Waals surface area contributed by atoms with Gasteiger partial charge in [-0.2, -0.15) is 26.3 Å².